The number of hydrogen-bond donors (Lipinski definition) is 2. The van der Waals surface area contributed by atoms with Crippen LogP contribution in [0, 0.1) is 6.92 Å². The van der Waals surface area contributed by atoms with E-state index in [-0.39, 0.29) is 23.3 Å². The molecule has 1 amide bonds. The molecule has 11 heteroatoms. The predicted octanol–water partition coefficient (Wildman–Crippen LogP) is 5.39. The van der Waals surface area contributed by atoms with Gasteiger partial charge >= 0.3 is 11.8 Å². The summed E-state index contributed by atoms with van der Waals surface area (Å²) in [5, 5.41) is 11.9. The molecule has 0 bridgehead atoms. The zero-order valence-corrected chi connectivity index (χ0v) is 24.4. The van der Waals surface area contributed by atoms with Crippen LogP contribution in [-0.2, 0) is 16.6 Å². The molecule has 220 valence electrons. The van der Waals surface area contributed by atoms with Crippen LogP contribution < -0.4 is 5.32 Å². The van der Waals surface area contributed by atoms with Crippen LogP contribution in [0.1, 0.15) is 90.9 Å². The van der Waals surface area contributed by atoms with Gasteiger partial charge in [-0.2, -0.15) is 10.1 Å². The van der Waals surface area contributed by atoms with Gasteiger partial charge in [-0.1, -0.05) is 30.3 Å². The highest BCUT2D eigenvalue weighted by Crippen LogP contribution is 2.46. The topological polar surface area (TPSA) is 137 Å². The van der Waals surface area contributed by atoms with Crippen molar-refractivity contribution in [2.24, 2.45) is 0 Å². The highest BCUT2D eigenvalue weighted by atomic mass is 16.5. The van der Waals surface area contributed by atoms with Crippen LogP contribution in [0.4, 0.5) is 0 Å². The zero-order chi connectivity index (χ0) is 29.1. The van der Waals surface area contributed by atoms with E-state index < -0.39 is 0 Å². The summed E-state index contributed by atoms with van der Waals surface area (Å²) < 4.78 is 13.0. The molecule has 1 saturated heterocycles. The number of aromatic nitrogens is 7. The summed E-state index contributed by atoms with van der Waals surface area (Å²) in [5.74, 6) is 1.11. The smallest absolute Gasteiger partial charge is 0.315 e. The average molecular weight is 579 g/mol. The highest BCUT2D eigenvalue weighted by molar-refractivity contribution is 5.92. The van der Waals surface area contributed by atoms with Crippen molar-refractivity contribution >= 4 is 17.1 Å². The number of pyridine rings is 1. The Hall–Kier alpha value is -4.38. The van der Waals surface area contributed by atoms with E-state index in [1.807, 2.05) is 18.5 Å². The number of aryl methyl sites for hydroxylation is 1. The minimum absolute atomic E-state index is 0.0360. The van der Waals surface area contributed by atoms with Gasteiger partial charge in [-0.3, -0.25) is 9.48 Å². The number of carbonyl (C=O) groups excluding carboxylic acids is 1. The second-order valence-corrected chi connectivity index (χ2v) is 12.4. The molecule has 8 rings (SSSR count). The minimum Gasteiger partial charge on any atom is -0.381 e. The average Bonchev–Trinajstić information content (AvgIpc) is 3.40. The molecular weight excluding hydrogens is 544 g/mol. The Morgan fingerprint density at radius 3 is 2.81 bits per heavy atom. The summed E-state index contributed by atoms with van der Waals surface area (Å²) in [5.41, 5.74) is 8.04. The molecule has 1 aromatic carbocycles. The summed E-state index contributed by atoms with van der Waals surface area (Å²) in [7, 11) is 0. The maximum absolute atomic E-state index is 13.0. The molecule has 2 N–H and O–H groups in total. The van der Waals surface area contributed by atoms with Gasteiger partial charge < -0.3 is 19.6 Å². The zero-order valence-electron chi connectivity index (χ0n) is 24.4. The van der Waals surface area contributed by atoms with Gasteiger partial charge in [-0.05, 0) is 74.6 Å². The van der Waals surface area contributed by atoms with Crippen LogP contribution in [-0.4, -0.2) is 54.0 Å². The van der Waals surface area contributed by atoms with Crippen molar-refractivity contribution in [3.05, 3.63) is 65.2 Å². The predicted molar refractivity (Wildman–Crippen MR) is 158 cm³/mol. The molecule has 2 aliphatic carbocycles. The van der Waals surface area contributed by atoms with E-state index in [2.05, 4.69) is 62.2 Å². The van der Waals surface area contributed by atoms with E-state index in [9.17, 15) is 4.79 Å². The lowest BCUT2D eigenvalue weighted by Gasteiger charge is -2.26. The van der Waals surface area contributed by atoms with Crippen LogP contribution in [0.15, 0.2) is 41.2 Å². The number of H-pyrrole nitrogens is 1. The Bertz CT molecular complexity index is 1840. The number of amides is 1. The first kappa shape index (κ1) is 26.3. The number of benzene rings is 1. The van der Waals surface area contributed by atoms with Crippen LogP contribution in [0.25, 0.3) is 33.7 Å². The number of hydrogen-bond acceptors (Lipinski definition) is 8. The standard InChI is InChI=1S/C32H34N8O3/c1-18-24(17-34-40(18)21-9-14-42-15-10-21)27-36-26-23(8-13-33-28(26)37-27)20-6-7-22-19(16-20)4-3-5-25(22)35-29(41)30-38-31(39-43-30)32(2)11-12-32/h6-8,13,16-17,21,25H,3-5,9-12,14-15H2,1-2H3,(H,35,41)(H,33,36,37)/t25-/m1/s1. The molecule has 4 aromatic heterocycles. The van der Waals surface area contributed by atoms with E-state index in [1.165, 1.54) is 5.56 Å². The molecule has 5 aromatic rings. The van der Waals surface area contributed by atoms with Gasteiger partial charge in [0.05, 0.1) is 23.8 Å². The summed E-state index contributed by atoms with van der Waals surface area (Å²) in [6, 6.07) is 8.72. The fourth-order valence-corrected chi connectivity index (χ4v) is 6.55. The molecule has 3 aliphatic rings. The Balaban J connectivity index is 1.06. The molecular formula is C32H34N8O3. The third kappa shape index (κ3) is 4.62. The van der Waals surface area contributed by atoms with Gasteiger partial charge in [0.1, 0.15) is 11.3 Å². The van der Waals surface area contributed by atoms with Crippen molar-refractivity contribution < 1.29 is 14.1 Å². The molecule has 1 saturated carbocycles. The van der Waals surface area contributed by atoms with Crippen molar-refractivity contribution in [3.8, 4) is 22.5 Å². The maximum Gasteiger partial charge on any atom is 0.315 e. The maximum atomic E-state index is 13.0. The molecule has 0 radical (unpaired) electrons. The Labute approximate surface area is 248 Å². The quantitative estimate of drug-likeness (QED) is 0.274. The first-order chi connectivity index (χ1) is 21.0. The van der Waals surface area contributed by atoms with Gasteiger partial charge in [-0.25, -0.2) is 9.97 Å². The van der Waals surface area contributed by atoms with Gasteiger partial charge in [-0.15, -0.1) is 0 Å². The van der Waals surface area contributed by atoms with Gasteiger partial charge in [0.15, 0.2) is 11.5 Å². The molecule has 2 fully saturated rings. The van der Waals surface area contributed by atoms with Crippen LogP contribution in [0.2, 0.25) is 0 Å². The molecule has 5 heterocycles. The number of nitrogens with zero attached hydrogens (tertiary/aromatic N) is 6. The lowest BCUT2D eigenvalue weighted by molar-refractivity contribution is 0.0657. The Morgan fingerprint density at radius 1 is 1.12 bits per heavy atom. The second kappa shape index (κ2) is 10.1. The van der Waals surface area contributed by atoms with E-state index in [4.69, 9.17) is 19.3 Å². The number of ether oxygens (including phenoxy) is 1. The lowest BCUT2D eigenvalue weighted by atomic mass is 9.85. The van der Waals surface area contributed by atoms with E-state index >= 15 is 0 Å². The summed E-state index contributed by atoms with van der Waals surface area (Å²) in [6.45, 7) is 5.73. The minimum atomic E-state index is -0.319. The van der Waals surface area contributed by atoms with Crippen LogP contribution >= 0.6 is 0 Å². The summed E-state index contributed by atoms with van der Waals surface area (Å²) in [4.78, 5) is 30.5. The fraction of sp³-hybridized carbons (Fsp3) is 0.438. The van der Waals surface area contributed by atoms with Crippen LogP contribution in [0.3, 0.4) is 0 Å². The van der Waals surface area contributed by atoms with E-state index in [0.29, 0.717) is 11.9 Å². The van der Waals surface area contributed by atoms with Crippen molar-refractivity contribution in [2.75, 3.05) is 13.2 Å². The number of aromatic amines is 1. The second-order valence-electron chi connectivity index (χ2n) is 12.4. The fourth-order valence-electron chi connectivity index (χ4n) is 6.55. The van der Waals surface area contributed by atoms with Crippen molar-refractivity contribution in [1.29, 1.82) is 0 Å². The molecule has 0 unspecified atom stereocenters. The molecule has 11 nitrogen and oxygen atoms in total. The molecule has 43 heavy (non-hydrogen) atoms. The van der Waals surface area contributed by atoms with E-state index in [1.54, 1.807) is 0 Å². The van der Waals surface area contributed by atoms with E-state index in [0.717, 1.165) is 103 Å². The van der Waals surface area contributed by atoms with Crippen molar-refractivity contribution in [2.45, 2.75) is 76.3 Å². The Kier molecular flexibility index (Phi) is 6.18. The first-order valence-corrected chi connectivity index (χ1v) is 15.2. The number of fused-ring (bicyclic) bond motifs is 2. The molecule has 1 aliphatic heterocycles. The third-order valence-corrected chi connectivity index (χ3v) is 9.45. The van der Waals surface area contributed by atoms with Gasteiger partial charge in [0.25, 0.3) is 0 Å². The number of rotatable bonds is 6. The first-order valence-electron chi connectivity index (χ1n) is 15.2. The monoisotopic (exact) mass is 578 g/mol. The highest BCUT2D eigenvalue weighted by Gasteiger charge is 2.44. The lowest BCUT2D eigenvalue weighted by Crippen LogP contribution is -2.31. The van der Waals surface area contributed by atoms with Crippen molar-refractivity contribution in [3.63, 3.8) is 0 Å². The Morgan fingerprint density at radius 2 is 1.98 bits per heavy atom. The van der Waals surface area contributed by atoms with Crippen molar-refractivity contribution in [1.82, 2.24) is 40.2 Å². The third-order valence-electron chi connectivity index (χ3n) is 9.45. The van der Waals surface area contributed by atoms with Gasteiger partial charge in [0, 0.05) is 36.1 Å². The SMILES string of the molecule is Cc1c(-c2nc3c(-c4ccc5c(c4)CCC[C@H]5NC(=O)c4nc(C5(C)CC5)no4)ccnc3[nH]2)cnn1C1CCOCC1. The number of carbonyl (C=O) groups is 1. The molecule has 1 atom stereocenters. The normalized spacial score (nSPS) is 19.8. The summed E-state index contributed by atoms with van der Waals surface area (Å²) >= 11 is 0. The largest absolute Gasteiger partial charge is 0.381 e. The number of nitrogens with one attached hydrogen (secondary N) is 2. The number of imidazole rings is 1. The molecule has 0 spiro atoms. The summed E-state index contributed by atoms with van der Waals surface area (Å²) in [6.07, 6.45) is 10.5. The van der Waals surface area contributed by atoms with Gasteiger partial charge in [0.2, 0.25) is 0 Å². The van der Waals surface area contributed by atoms with Crippen LogP contribution in [0.5, 0.6) is 0 Å².